The minimum Gasteiger partial charge on any atom is -0.441 e. The van der Waals surface area contributed by atoms with E-state index in [1.807, 2.05) is 31.2 Å². The van der Waals surface area contributed by atoms with Crippen LogP contribution in [0.3, 0.4) is 0 Å². The monoisotopic (exact) mass is 350 g/mol. The van der Waals surface area contributed by atoms with Crippen LogP contribution in [0.2, 0.25) is 0 Å². The second kappa shape index (κ2) is 6.80. The van der Waals surface area contributed by atoms with Gasteiger partial charge in [0, 0.05) is 25.2 Å². The number of carbonyl (C=O) groups is 1. The van der Waals surface area contributed by atoms with Gasteiger partial charge >= 0.3 is 6.03 Å². The summed E-state index contributed by atoms with van der Waals surface area (Å²) < 4.78 is 5.59. The number of urea groups is 1. The van der Waals surface area contributed by atoms with Crippen molar-refractivity contribution >= 4 is 22.8 Å². The molecule has 0 spiro atoms. The fraction of sp³-hybridized carbons (Fsp3) is 0.300. The summed E-state index contributed by atoms with van der Waals surface area (Å²) in [6, 6.07) is 13.8. The Balaban J connectivity index is 1.40. The lowest BCUT2D eigenvalue weighted by molar-refractivity contribution is 0.237. The molecule has 0 saturated heterocycles. The molecule has 1 aromatic heterocycles. The van der Waals surface area contributed by atoms with Crippen LogP contribution in [-0.2, 0) is 13.0 Å². The highest BCUT2D eigenvalue weighted by Crippen LogP contribution is 2.31. The number of fused-ring (bicyclic) bond motifs is 2. The van der Waals surface area contributed by atoms with E-state index in [2.05, 4.69) is 45.8 Å². The molecule has 2 amide bonds. The van der Waals surface area contributed by atoms with E-state index in [4.69, 9.17) is 4.42 Å². The Hall–Kier alpha value is -2.86. The molecule has 134 valence electrons. The van der Waals surface area contributed by atoms with Crippen molar-refractivity contribution in [2.45, 2.75) is 25.9 Å². The third-order valence-electron chi connectivity index (χ3n) is 4.81. The van der Waals surface area contributed by atoms with Crippen molar-refractivity contribution in [2.75, 3.05) is 18.9 Å². The predicted molar refractivity (Wildman–Crippen MR) is 101 cm³/mol. The van der Waals surface area contributed by atoms with Crippen LogP contribution in [0.15, 0.2) is 46.9 Å². The molecule has 0 radical (unpaired) electrons. The molecular formula is C20H22N4O2. The average molecular weight is 350 g/mol. The molecule has 0 bridgehead atoms. The van der Waals surface area contributed by atoms with Gasteiger partial charge in [-0.25, -0.2) is 9.78 Å². The molecular weight excluding hydrogens is 328 g/mol. The van der Waals surface area contributed by atoms with Gasteiger partial charge in [-0.15, -0.1) is 0 Å². The van der Waals surface area contributed by atoms with E-state index < -0.39 is 0 Å². The molecule has 1 aliphatic rings. The number of carbonyl (C=O) groups excluding carboxylic acids is 1. The topological polar surface area (TPSA) is 70.4 Å². The highest BCUT2D eigenvalue weighted by atomic mass is 16.3. The van der Waals surface area contributed by atoms with Gasteiger partial charge in [0.1, 0.15) is 5.52 Å². The quantitative estimate of drug-likeness (QED) is 0.753. The molecule has 1 unspecified atom stereocenters. The summed E-state index contributed by atoms with van der Waals surface area (Å²) >= 11 is 0. The SMILES string of the molecule is CCc1nc2cc(NC(=O)NCC3c4ccccc4CN3C)ccc2o1. The maximum atomic E-state index is 12.3. The van der Waals surface area contributed by atoms with Crippen LogP contribution in [0.5, 0.6) is 0 Å². The lowest BCUT2D eigenvalue weighted by atomic mass is 10.1. The molecule has 2 aromatic carbocycles. The average Bonchev–Trinajstić information content (AvgIpc) is 3.19. The van der Waals surface area contributed by atoms with E-state index in [-0.39, 0.29) is 12.1 Å². The molecule has 6 nitrogen and oxygen atoms in total. The molecule has 0 aliphatic carbocycles. The first-order valence-corrected chi connectivity index (χ1v) is 8.86. The van der Waals surface area contributed by atoms with Gasteiger partial charge in [-0.3, -0.25) is 4.90 Å². The van der Waals surface area contributed by atoms with Gasteiger partial charge in [0.15, 0.2) is 11.5 Å². The normalized spacial score (nSPS) is 16.6. The molecule has 1 atom stereocenters. The van der Waals surface area contributed by atoms with Crippen LogP contribution in [0.1, 0.15) is 30.0 Å². The van der Waals surface area contributed by atoms with Crippen LogP contribution in [0, 0.1) is 0 Å². The predicted octanol–water partition coefficient (Wildman–Crippen LogP) is 3.70. The van der Waals surface area contributed by atoms with Crippen molar-refractivity contribution in [2.24, 2.45) is 0 Å². The summed E-state index contributed by atoms with van der Waals surface area (Å²) in [5.41, 5.74) is 4.80. The number of aromatic nitrogens is 1. The van der Waals surface area contributed by atoms with Crippen LogP contribution >= 0.6 is 0 Å². The third kappa shape index (κ3) is 3.15. The number of benzene rings is 2. The first-order valence-electron chi connectivity index (χ1n) is 8.86. The molecule has 2 heterocycles. The first-order chi connectivity index (χ1) is 12.6. The Morgan fingerprint density at radius 1 is 1.31 bits per heavy atom. The maximum Gasteiger partial charge on any atom is 0.319 e. The van der Waals surface area contributed by atoms with Gasteiger partial charge in [-0.1, -0.05) is 31.2 Å². The highest BCUT2D eigenvalue weighted by Gasteiger charge is 2.27. The number of amides is 2. The minimum absolute atomic E-state index is 0.196. The summed E-state index contributed by atoms with van der Waals surface area (Å²) in [5.74, 6) is 0.699. The number of anilines is 1. The van der Waals surface area contributed by atoms with Crippen molar-refractivity contribution in [1.29, 1.82) is 0 Å². The molecule has 0 fully saturated rings. The lowest BCUT2D eigenvalue weighted by Gasteiger charge is -2.21. The Labute approximate surface area is 152 Å². The largest absolute Gasteiger partial charge is 0.441 e. The number of rotatable bonds is 4. The Morgan fingerprint density at radius 2 is 2.15 bits per heavy atom. The molecule has 3 aromatic rings. The van der Waals surface area contributed by atoms with E-state index >= 15 is 0 Å². The fourth-order valence-corrected chi connectivity index (χ4v) is 3.45. The Morgan fingerprint density at radius 3 is 3.00 bits per heavy atom. The second-order valence-electron chi connectivity index (χ2n) is 6.61. The van der Waals surface area contributed by atoms with Crippen molar-refractivity contribution in [1.82, 2.24) is 15.2 Å². The Bertz CT molecular complexity index is 950. The molecule has 0 saturated carbocycles. The number of aryl methyl sites for hydroxylation is 1. The summed E-state index contributed by atoms with van der Waals surface area (Å²) in [5, 5.41) is 5.85. The van der Waals surface area contributed by atoms with E-state index in [1.165, 1.54) is 11.1 Å². The van der Waals surface area contributed by atoms with Crippen molar-refractivity contribution < 1.29 is 9.21 Å². The van der Waals surface area contributed by atoms with Gasteiger partial charge in [-0.05, 0) is 36.4 Å². The number of nitrogens with zero attached hydrogens (tertiary/aromatic N) is 2. The van der Waals surface area contributed by atoms with Crippen LogP contribution < -0.4 is 10.6 Å². The van der Waals surface area contributed by atoms with Crippen molar-refractivity contribution in [3.8, 4) is 0 Å². The molecule has 26 heavy (non-hydrogen) atoms. The molecule has 2 N–H and O–H groups in total. The third-order valence-corrected chi connectivity index (χ3v) is 4.81. The van der Waals surface area contributed by atoms with E-state index in [1.54, 1.807) is 0 Å². The van der Waals surface area contributed by atoms with Gasteiger partial charge in [0.05, 0.1) is 6.04 Å². The zero-order chi connectivity index (χ0) is 18.1. The second-order valence-corrected chi connectivity index (χ2v) is 6.61. The van der Waals surface area contributed by atoms with Gasteiger partial charge in [-0.2, -0.15) is 0 Å². The molecule has 6 heteroatoms. The lowest BCUT2D eigenvalue weighted by Crippen LogP contribution is -2.35. The van der Waals surface area contributed by atoms with Crippen LogP contribution in [-0.4, -0.2) is 29.5 Å². The van der Waals surface area contributed by atoms with Crippen molar-refractivity contribution in [3.63, 3.8) is 0 Å². The van der Waals surface area contributed by atoms with E-state index in [9.17, 15) is 4.79 Å². The van der Waals surface area contributed by atoms with E-state index in [0.717, 1.165) is 24.1 Å². The zero-order valence-electron chi connectivity index (χ0n) is 15.0. The van der Waals surface area contributed by atoms with Crippen LogP contribution in [0.4, 0.5) is 10.5 Å². The summed E-state index contributed by atoms with van der Waals surface area (Å²) in [4.78, 5) is 18.9. The number of hydrogen-bond donors (Lipinski definition) is 2. The van der Waals surface area contributed by atoms with Gasteiger partial charge in [0.25, 0.3) is 0 Å². The summed E-state index contributed by atoms with van der Waals surface area (Å²) in [6.07, 6.45) is 0.744. The Kier molecular flexibility index (Phi) is 4.34. The maximum absolute atomic E-state index is 12.3. The molecule has 4 rings (SSSR count). The van der Waals surface area contributed by atoms with Gasteiger partial charge in [0.2, 0.25) is 0 Å². The minimum atomic E-state index is -0.221. The number of hydrogen-bond acceptors (Lipinski definition) is 4. The fourth-order valence-electron chi connectivity index (χ4n) is 3.45. The number of oxazole rings is 1. The first kappa shape index (κ1) is 16.6. The zero-order valence-corrected chi connectivity index (χ0v) is 15.0. The number of likely N-dealkylation sites (N-methyl/N-ethyl adjacent to an activating group) is 1. The summed E-state index contributed by atoms with van der Waals surface area (Å²) in [6.45, 7) is 3.47. The smallest absolute Gasteiger partial charge is 0.319 e. The highest BCUT2D eigenvalue weighted by molar-refractivity contribution is 5.91. The van der Waals surface area contributed by atoms with Crippen molar-refractivity contribution in [3.05, 3.63) is 59.5 Å². The van der Waals surface area contributed by atoms with Crippen LogP contribution in [0.25, 0.3) is 11.1 Å². The molecule has 1 aliphatic heterocycles. The number of nitrogens with one attached hydrogen (secondary N) is 2. The summed E-state index contributed by atoms with van der Waals surface area (Å²) in [7, 11) is 2.08. The van der Waals surface area contributed by atoms with Gasteiger partial charge < -0.3 is 15.1 Å². The van der Waals surface area contributed by atoms with E-state index in [0.29, 0.717) is 18.1 Å². The standard InChI is InChI=1S/C20H22N4O2/c1-3-19-23-16-10-14(8-9-18(16)26-19)22-20(25)21-11-17-15-7-5-4-6-13(15)12-24(17)2/h4-10,17H,3,11-12H2,1-2H3,(H2,21,22,25).